The van der Waals surface area contributed by atoms with E-state index in [1.54, 1.807) is 6.20 Å². The molecule has 0 aliphatic heterocycles. The van der Waals surface area contributed by atoms with Gasteiger partial charge in [-0.05, 0) is 6.92 Å². The number of nitrogens with one attached hydrogen (secondary N) is 2. The van der Waals surface area contributed by atoms with Crippen molar-refractivity contribution < 1.29 is 0 Å². The summed E-state index contributed by atoms with van der Waals surface area (Å²) in [7, 11) is 3.81. The number of hydrogen-bond acceptors (Lipinski definition) is 4. The third kappa shape index (κ3) is 2.84. The number of likely N-dealkylation sites (N-methyl/N-ethyl adjacent to an activating group) is 2. The third-order valence-electron chi connectivity index (χ3n) is 1.74. The fourth-order valence-electron chi connectivity index (χ4n) is 0.780. The molecule has 0 saturated carbocycles. The second kappa shape index (κ2) is 5.49. The Morgan fingerprint density at radius 3 is 2.58 bits per heavy atom. The summed E-state index contributed by atoms with van der Waals surface area (Å²) in [6.07, 6.45) is 1.68. The van der Waals surface area contributed by atoms with Gasteiger partial charge in [-0.25, -0.2) is 0 Å². The molecule has 0 amide bonds. The quantitative estimate of drug-likeness (QED) is 0.308. The Labute approximate surface area is 74.1 Å². The lowest BCUT2D eigenvalue weighted by Gasteiger charge is -2.21. The van der Waals surface area contributed by atoms with E-state index in [-0.39, 0.29) is 0 Å². The molecule has 0 rings (SSSR count). The van der Waals surface area contributed by atoms with Crippen molar-refractivity contribution >= 4 is 0 Å². The molecule has 12 heavy (non-hydrogen) atoms. The second-order valence-corrected chi connectivity index (χ2v) is 2.44. The Morgan fingerprint density at radius 1 is 1.67 bits per heavy atom. The highest BCUT2D eigenvalue weighted by Gasteiger charge is 2.03. The smallest absolute Gasteiger partial charge is 0.0743 e. The van der Waals surface area contributed by atoms with Crippen molar-refractivity contribution in [3.63, 3.8) is 0 Å². The van der Waals surface area contributed by atoms with Gasteiger partial charge in [-0.15, -0.1) is 0 Å². The van der Waals surface area contributed by atoms with Gasteiger partial charge in [0.25, 0.3) is 0 Å². The Bertz CT molecular complexity index is 174. The van der Waals surface area contributed by atoms with Gasteiger partial charge in [0.1, 0.15) is 0 Å². The monoisotopic (exact) mass is 170 g/mol. The summed E-state index contributed by atoms with van der Waals surface area (Å²) in [5.41, 5.74) is 4.27. The van der Waals surface area contributed by atoms with E-state index in [1.165, 1.54) is 0 Å². The highest BCUT2D eigenvalue weighted by molar-refractivity contribution is 5.24. The first-order chi connectivity index (χ1) is 5.67. The lowest BCUT2D eigenvalue weighted by Crippen LogP contribution is -2.25. The van der Waals surface area contributed by atoms with Gasteiger partial charge in [0.2, 0.25) is 0 Å². The van der Waals surface area contributed by atoms with Crippen LogP contribution >= 0.6 is 0 Å². The zero-order valence-electron chi connectivity index (χ0n) is 8.02. The average molecular weight is 170 g/mol. The highest BCUT2D eigenvalue weighted by atomic mass is 15.2. The van der Waals surface area contributed by atoms with Crippen LogP contribution in [-0.2, 0) is 0 Å². The molecule has 70 valence electrons. The zero-order valence-corrected chi connectivity index (χ0v) is 8.02. The summed E-state index contributed by atoms with van der Waals surface area (Å²) in [5, 5.41) is 3.00. The topological polar surface area (TPSA) is 53.3 Å². The molecule has 0 heterocycles. The summed E-state index contributed by atoms with van der Waals surface area (Å²) >= 11 is 0. The van der Waals surface area contributed by atoms with Crippen molar-refractivity contribution in [1.29, 1.82) is 0 Å². The molecule has 0 aromatic heterocycles. The van der Waals surface area contributed by atoms with Gasteiger partial charge < -0.3 is 15.6 Å². The van der Waals surface area contributed by atoms with Gasteiger partial charge in [0.05, 0.1) is 11.4 Å². The summed E-state index contributed by atoms with van der Waals surface area (Å²) < 4.78 is 0. The zero-order chi connectivity index (χ0) is 9.56. The van der Waals surface area contributed by atoms with E-state index in [0.29, 0.717) is 0 Å². The van der Waals surface area contributed by atoms with Crippen molar-refractivity contribution in [2.45, 2.75) is 6.92 Å². The number of nitrogens with zero attached hydrogens (tertiary/aromatic N) is 1. The van der Waals surface area contributed by atoms with E-state index in [1.807, 2.05) is 19.0 Å². The number of rotatable bonds is 5. The minimum Gasteiger partial charge on any atom is -0.385 e. The Morgan fingerprint density at radius 2 is 2.25 bits per heavy atom. The molecule has 4 nitrogen and oxygen atoms in total. The van der Waals surface area contributed by atoms with Crippen LogP contribution in [0.4, 0.5) is 0 Å². The standard InChI is InChI=1S/C8H18N4/c1-5-12(4)7(2)8(10-3)6-11-9/h6,10-11H,2,5,9H2,1,3-4H3/b8-6-. The van der Waals surface area contributed by atoms with E-state index < -0.39 is 0 Å². The van der Waals surface area contributed by atoms with Gasteiger partial charge in [0.15, 0.2) is 0 Å². The van der Waals surface area contributed by atoms with E-state index >= 15 is 0 Å². The van der Waals surface area contributed by atoms with Crippen LogP contribution in [0.5, 0.6) is 0 Å². The second-order valence-electron chi connectivity index (χ2n) is 2.44. The van der Waals surface area contributed by atoms with Crippen molar-refractivity contribution in [2.75, 3.05) is 20.6 Å². The summed E-state index contributed by atoms with van der Waals surface area (Å²) in [5.74, 6) is 5.16. The molecule has 4 N–H and O–H groups in total. The van der Waals surface area contributed by atoms with Crippen molar-refractivity contribution in [3.05, 3.63) is 24.2 Å². The molecule has 0 atom stereocenters. The van der Waals surface area contributed by atoms with Crippen molar-refractivity contribution in [2.24, 2.45) is 5.84 Å². The Kier molecular flexibility index (Phi) is 4.96. The van der Waals surface area contributed by atoms with Gasteiger partial charge >= 0.3 is 0 Å². The van der Waals surface area contributed by atoms with Crippen molar-refractivity contribution in [1.82, 2.24) is 15.6 Å². The van der Waals surface area contributed by atoms with Crippen LogP contribution in [0, 0.1) is 0 Å². The molecule has 0 aromatic carbocycles. The van der Waals surface area contributed by atoms with Gasteiger partial charge in [0, 0.05) is 26.8 Å². The van der Waals surface area contributed by atoms with Crippen LogP contribution in [0.3, 0.4) is 0 Å². The van der Waals surface area contributed by atoms with E-state index in [0.717, 1.165) is 17.9 Å². The molecule has 0 bridgehead atoms. The first-order valence-corrected chi connectivity index (χ1v) is 3.91. The molecule has 4 heteroatoms. The third-order valence-corrected chi connectivity index (χ3v) is 1.74. The first kappa shape index (κ1) is 10.8. The summed E-state index contributed by atoms with van der Waals surface area (Å²) in [6, 6.07) is 0. The molecule has 0 fully saturated rings. The van der Waals surface area contributed by atoms with Crippen LogP contribution in [-0.4, -0.2) is 25.5 Å². The first-order valence-electron chi connectivity index (χ1n) is 3.91. The van der Waals surface area contributed by atoms with E-state index in [9.17, 15) is 0 Å². The minimum atomic E-state index is 0.891. The van der Waals surface area contributed by atoms with Gasteiger partial charge in [-0.3, -0.25) is 5.84 Å². The minimum absolute atomic E-state index is 0.891. The largest absolute Gasteiger partial charge is 0.385 e. The van der Waals surface area contributed by atoms with Gasteiger partial charge in [-0.1, -0.05) is 6.58 Å². The maximum absolute atomic E-state index is 5.16. The Balaban J connectivity index is 4.31. The van der Waals surface area contributed by atoms with Crippen LogP contribution in [0.15, 0.2) is 24.2 Å². The molecule has 0 aromatic rings. The molecule has 0 spiro atoms. The van der Waals surface area contributed by atoms with Crippen LogP contribution in [0.1, 0.15) is 6.92 Å². The lowest BCUT2D eigenvalue weighted by molar-refractivity contribution is 0.445. The number of hydrazine groups is 1. The molecule has 0 unspecified atom stereocenters. The SMILES string of the molecule is C=C(/C(=C/NN)NC)N(C)CC. The van der Waals surface area contributed by atoms with Crippen LogP contribution in [0.2, 0.25) is 0 Å². The van der Waals surface area contributed by atoms with Crippen LogP contribution in [0.25, 0.3) is 0 Å². The molecule has 0 aliphatic carbocycles. The number of nitrogens with two attached hydrogens (primary N) is 1. The summed E-state index contributed by atoms with van der Waals surface area (Å²) in [4.78, 5) is 2.03. The summed E-state index contributed by atoms with van der Waals surface area (Å²) in [6.45, 7) is 6.90. The van der Waals surface area contributed by atoms with Gasteiger partial charge in [-0.2, -0.15) is 0 Å². The van der Waals surface area contributed by atoms with Crippen molar-refractivity contribution in [3.8, 4) is 0 Å². The van der Waals surface area contributed by atoms with E-state index in [2.05, 4.69) is 24.2 Å². The van der Waals surface area contributed by atoms with E-state index in [4.69, 9.17) is 5.84 Å². The molecule has 0 saturated heterocycles. The predicted molar refractivity (Wildman–Crippen MR) is 51.9 cm³/mol. The highest BCUT2D eigenvalue weighted by Crippen LogP contribution is 2.06. The molecule has 0 aliphatic rings. The molecular formula is C8H18N4. The lowest BCUT2D eigenvalue weighted by atomic mass is 10.3. The molecular weight excluding hydrogens is 152 g/mol. The average Bonchev–Trinajstić information content (AvgIpc) is 2.11. The number of hydrogen-bond donors (Lipinski definition) is 3. The maximum atomic E-state index is 5.16. The fraction of sp³-hybridized carbons (Fsp3) is 0.500. The molecule has 0 radical (unpaired) electrons. The normalized spacial score (nSPS) is 10.8. The Hall–Kier alpha value is -1.16. The predicted octanol–water partition coefficient (Wildman–Crippen LogP) is -0.0241. The maximum Gasteiger partial charge on any atom is 0.0743 e. The fourth-order valence-corrected chi connectivity index (χ4v) is 0.780. The van der Waals surface area contributed by atoms with Crippen LogP contribution < -0.4 is 16.6 Å².